The molecule has 0 aliphatic carbocycles. The molecule has 0 unspecified atom stereocenters. The minimum absolute atomic E-state index is 0.150. The first-order valence-electron chi connectivity index (χ1n) is 4.39. The number of nitrogens with one attached hydrogen (secondary N) is 2. The molecule has 0 rings (SSSR count). The maximum atomic E-state index is 13.0. The quantitative estimate of drug-likeness (QED) is 0.395. The van der Waals surface area contributed by atoms with E-state index in [1.165, 1.54) is 6.08 Å². The van der Waals surface area contributed by atoms with Gasteiger partial charge >= 0.3 is 0 Å². The molecule has 0 saturated carbocycles. The van der Waals surface area contributed by atoms with Crippen LogP contribution in [0.5, 0.6) is 0 Å². The van der Waals surface area contributed by atoms with E-state index in [1.807, 2.05) is 0 Å². The Morgan fingerprint density at radius 2 is 2.00 bits per heavy atom. The van der Waals surface area contributed by atoms with Crippen molar-refractivity contribution in [1.82, 2.24) is 5.32 Å². The van der Waals surface area contributed by atoms with Crippen molar-refractivity contribution in [2.75, 3.05) is 0 Å². The predicted molar refractivity (Wildman–Crippen MR) is 58.9 cm³/mol. The maximum Gasteiger partial charge on any atom is 0.192 e. The van der Waals surface area contributed by atoms with Gasteiger partial charge in [0.2, 0.25) is 0 Å². The van der Waals surface area contributed by atoms with Gasteiger partial charge in [0.25, 0.3) is 0 Å². The van der Waals surface area contributed by atoms with Crippen molar-refractivity contribution in [3.63, 3.8) is 0 Å². The zero-order chi connectivity index (χ0) is 11.8. The normalized spacial score (nSPS) is 12.2. The van der Waals surface area contributed by atoms with Crippen LogP contribution in [0.15, 0.2) is 48.4 Å². The summed E-state index contributed by atoms with van der Waals surface area (Å²) in [6, 6.07) is 0. The summed E-state index contributed by atoms with van der Waals surface area (Å²) in [5, 5.41) is 8.89. The van der Waals surface area contributed by atoms with Gasteiger partial charge in [0.1, 0.15) is 5.83 Å². The highest BCUT2D eigenvalue weighted by molar-refractivity contribution is 5.78. The third kappa shape index (κ3) is 5.57. The molecular weight excluding hydrogens is 198 g/mol. The Hall–Kier alpha value is -1.71. The van der Waals surface area contributed by atoms with Crippen molar-refractivity contribution in [3.05, 3.63) is 48.4 Å². The van der Waals surface area contributed by atoms with Gasteiger partial charge in [0.05, 0.1) is 5.70 Å². The second-order valence-electron chi connectivity index (χ2n) is 2.78. The minimum Gasteiger partial charge on any atom is -0.330 e. The van der Waals surface area contributed by atoms with E-state index in [1.54, 1.807) is 6.92 Å². The Kier molecular flexibility index (Phi) is 5.94. The summed E-state index contributed by atoms with van der Waals surface area (Å²) >= 11 is 0. The van der Waals surface area contributed by atoms with Crippen LogP contribution in [0.1, 0.15) is 13.3 Å². The molecule has 15 heavy (non-hydrogen) atoms. The average Bonchev–Trinajstić information content (AvgIpc) is 2.17. The first-order chi connectivity index (χ1) is 7.01. The molecule has 0 saturated heterocycles. The molecule has 0 aliphatic rings. The van der Waals surface area contributed by atoms with E-state index >= 15 is 0 Å². The summed E-state index contributed by atoms with van der Waals surface area (Å²) in [5.74, 6) is -1.39. The number of halogens is 2. The summed E-state index contributed by atoms with van der Waals surface area (Å²) in [6.07, 6.45) is 3.67. The van der Waals surface area contributed by atoms with Gasteiger partial charge in [-0.15, -0.1) is 0 Å². The molecule has 0 aromatic carbocycles. The molecule has 0 fully saturated rings. The highest BCUT2D eigenvalue weighted by Crippen LogP contribution is 2.10. The van der Waals surface area contributed by atoms with Crippen LogP contribution in [0, 0.1) is 5.41 Å². The van der Waals surface area contributed by atoms with Gasteiger partial charge in [-0.05, 0) is 24.1 Å². The Labute approximate surface area is 88.2 Å². The molecule has 2 nitrogen and oxygen atoms in total. The molecule has 0 aromatic heterocycles. The molecule has 0 radical (unpaired) electrons. The van der Waals surface area contributed by atoms with Crippen molar-refractivity contribution >= 4 is 6.21 Å². The molecule has 0 aliphatic heterocycles. The third-order valence-corrected chi connectivity index (χ3v) is 1.44. The van der Waals surface area contributed by atoms with Crippen molar-refractivity contribution in [2.45, 2.75) is 13.3 Å². The van der Waals surface area contributed by atoms with Gasteiger partial charge in [0.15, 0.2) is 5.95 Å². The van der Waals surface area contributed by atoms with Crippen LogP contribution in [0.25, 0.3) is 0 Å². The fraction of sp³-hybridized carbons (Fsp3) is 0.182. The Morgan fingerprint density at radius 3 is 2.47 bits per heavy atom. The molecule has 0 amide bonds. The molecule has 82 valence electrons. The summed E-state index contributed by atoms with van der Waals surface area (Å²) in [4.78, 5) is 0. The van der Waals surface area contributed by atoms with Crippen LogP contribution in [0.2, 0.25) is 0 Å². The van der Waals surface area contributed by atoms with E-state index in [9.17, 15) is 8.78 Å². The Balaban J connectivity index is 4.42. The molecule has 4 heteroatoms. The highest BCUT2D eigenvalue weighted by atomic mass is 19.1. The fourth-order valence-electron chi connectivity index (χ4n) is 0.747. The van der Waals surface area contributed by atoms with Crippen LogP contribution in [-0.2, 0) is 0 Å². The topological polar surface area (TPSA) is 35.9 Å². The largest absolute Gasteiger partial charge is 0.330 e. The van der Waals surface area contributed by atoms with E-state index in [2.05, 4.69) is 18.5 Å². The smallest absolute Gasteiger partial charge is 0.192 e. The zero-order valence-corrected chi connectivity index (χ0v) is 8.61. The van der Waals surface area contributed by atoms with Crippen LogP contribution < -0.4 is 5.32 Å². The molecular formula is C11H14F2N2. The van der Waals surface area contributed by atoms with Gasteiger partial charge in [-0.2, -0.15) is 4.39 Å². The van der Waals surface area contributed by atoms with Gasteiger partial charge in [-0.25, -0.2) is 4.39 Å². The predicted octanol–water partition coefficient (Wildman–Crippen LogP) is 3.37. The van der Waals surface area contributed by atoms with E-state index < -0.39 is 11.8 Å². The van der Waals surface area contributed by atoms with Crippen LogP contribution >= 0.6 is 0 Å². The van der Waals surface area contributed by atoms with Crippen molar-refractivity contribution in [3.8, 4) is 0 Å². The molecule has 0 bridgehead atoms. The van der Waals surface area contributed by atoms with Crippen molar-refractivity contribution in [1.29, 1.82) is 5.41 Å². The van der Waals surface area contributed by atoms with Gasteiger partial charge in [-0.3, -0.25) is 0 Å². The molecule has 2 N–H and O–H groups in total. The van der Waals surface area contributed by atoms with E-state index in [4.69, 9.17) is 5.41 Å². The van der Waals surface area contributed by atoms with E-state index in [0.29, 0.717) is 6.42 Å². The number of hydrogen-bond acceptors (Lipinski definition) is 2. The summed E-state index contributed by atoms with van der Waals surface area (Å²) in [5.41, 5.74) is 0.0241. The molecule has 0 heterocycles. The molecule has 0 aromatic rings. The van der Waals surface area contributed by atoms with E-state index in [-0.39, 0.29) is 11.3 Å². The Morgan fingerprint density at radius 1 is 1.40 bits per heavy atom. The third-order valence-electron chi connectivity index (χ3n) is 1.44. The lowest BCUT2D eigenvalue weighted by Crippen LogP contribution is -2.09. The van der Waals surface area contributed by atoms with Gasteiger partial charge < -0.3 is 10.7 Å². The summed E-state index contributed by atoms with van der Waals surface area (Å²) < 4.78 is 26.0. The zero-order valence-electron chi connectivity index (χ0n) is 8.61. The summed E-state index contributed by atoms with van der Waals surface area (Å²) in [7, 11) is 0. The van der Waals surface area contributed by atoms with E-state index in [0.717, 1.165) is 12.3 Å². The second kappa shape index (κ2) is 6.70. The number of allylic oxidation sites excluding steroid dienone is 4. The van der Waals surface area contributed by atoms with Crippen LogP contribution in [-0.4, -0.2) is 6.21 Å². The standard InChI is InChI=1S/C11H14F2N2/c1-4-5-10(12)9(3)15-11(13)6-8(2)7-14/h5-7,14-15H,2-4H2,1H3/b10-5+,11-6-,14-7?. The fourth-order valence-corrected chi connectivity index (χ4v) is 0.747. The highest BCUT2D eigenvalue weighted by Gasteiger charge is 2.02. The lowest BCUT2D eigenvalue weighted by Gasteiger charge is -2.04. The SMILES string of the molecule is C=C(C=N)/C=C(/F)NC(=C)/C(F)=C\CC. The monoisotopic (exact) mass is 212 g/mol. The lowest BCUT2D eigenvalue weighted by molar-refractivity contribution is 0.554. The van der Waals surface area contributed by atoms with Crippen molar-refractivity contribution < 1.29 is 8.78 Å². The van der Waals surface area contributed by atoms with Crippen LogP contribution in [0.4, 0.5) is 8.78 Å². The second-order valence-corrected chi connectivity index (χ2v) is 2.78. The number of hydrogen-bond donors (Lipinski definition) is 2. The first kappa shape index (κ1) is 13.3. The molecule has 0 atom stereocenters. The average molecular weight is 212 g/mol. The van der Waals surface area contributed by atoms with Gasteiger partial charge in [0, 0.05) is 6.21 Å². The Bertz CT molecular complexity index is 327. The van der Waals surface area contributed by atoms with Crippen LogP contribution in [0.3, 0.4) is 0 Å². The van der Waals surface area contributed by atoms with Gasteiger partial charge in [-0.1, -0.05) is 20.1 Å². The minimum atomic E-state index is -0.798. The van der Waals surface area contributed by atoms with Crippen molar-refractivity contribution in [2.24, 2.45) is 0 Å². The lowest BCUT2D eigenvalue weighted by atomic mass is 10.3. The molecule has 0 spiro atoms. The number of rotatable bonds is 6. The maximum absolute atomic E-state index is 13.0. The summed E-state index contributed by atoms with van der Waals surface area (Å²) in [6.45, 7) is 8.45. The first-order valence-corrected chi connectivity index (χ1v) is 4.39.